The highest BCUT2D eigenvalue weighted by molar-refractivity contribution is 7.88. The Morgan fingerprint density at radius 3 is 2.38 bits per heavy atom. The average molecular weight is 317 g/mol. The quantitative estimate of drug-likeness (QED) is 0.779. The first kappa shape index (κ1) is 16.7. The number of carbonyl (C=O) groups is 1. The third kappa shape index (κ3) is 4.40. The van der Waals surface area contributed by atoms with Crippen LogP contribution in [-0.2, 0) is 14.8 Å². The molecule has 1 aliphatic heterocycles. The fraction of sp³-hybridized carbons (Fsp3) is 0.929. The van der Waals surface area contributed by atoms with Gasteiger partial charge in [-0.1, -0.05) is 12.8 Å². The van der Waals surface area contributed by atoms with Crippen LogP contribution in [0, 0.1) is 11.8 Å². The number of nitrogens with one attached hydrogen (secondary N) is 1. The lowest BCUT2D eigenvalue weighted by Gasteiger charge is -2.34. The molecule has 122 valence electrons. The van der Waals surface area contributed by atoms with Crippen molar-refractivity contribution in [2.75, 3.05) is 25.9 Å². The van der Waals surface area contributed by atoms with E-state index in [0.29, 0.717) is 38.4 Å². The van der Waals surface area contributed by atoms with E-state index in [0.717, 1.165) is 19.3 Å². The van der Waals surface area contributed by atoms with Crippen molar-refractivity contribution in [3.05, 3.63) is 0 Å². The number of carbonyl (C=O) groups excluding carboxylic acids is 1. The minimum Gasteiger partial charge on any atom is -0.353 e. The van der Waals surface area contributed by atoms with E-state index in [1.54, 1.807) is 0 Å². The number of sulfonamides is 1. The number of nitrogens with zero attached hydrogens (tertiary/aromatic N) is 1. The standard InChI is InChI=1S/C14H27N3O3S/c1-21(19,20)17-8-6-12(7-9-17)16-14(18)13-5-3-2-4-11(13)10-15/h11-13H,2-10,15H2,1H3,(H,16,18). The largest absolute Gasteiger partial charge is 0.353 e. The Morgan fingerprint density at radius 1 is 1.19 bits per heavy atom. The van der Waals surface area contributed by atoms with Crippen molar-refractivity contribution >= 4 is 15.9 Å². The average Bonchev–Trinajstić information content (AvgIpc) is 2.46. The van der Waals surface area contributed by atoms with Crippen LogP contribution in [0.3, 0.4) is 0 Å². The first-order chi connectivity index (χ1) is 9.91. The second-order valence-electron chi connectivity index (χ2n) is 6.33. The molecule has 1 heterocycles. The number of piperidine rings is 1. The first-order valence-electron chi connectivity index (χ1n) is 7.87. The summed E-state index contributed by atoms with van der Waals surface area (Å²) in [6.07, 6.45) is 6.86. The van der Waals surface area contributed by atoms with E-state index < -0.39 is 10.0 Å². The summed E-state index contributed by atoms with van der Waals surface area (Å²) in [6.45, 7) is 1.56. The highest BCUT2D eigenvalue weighted by Gasteiger charge is 2.32. The Hall–Kier alpha value is -0.660. The second kappa shape index (κ2) is 7.07. The van der Waals surface area contributed by atoms with Crippen LogP contribution in [0.2, 0.25) is 0 Å². The van der Waals surface area contributed by atoms with Gasteiger partial charge in [0.05, 0.1) is 6.26 Å². The maximum absolute atomic E-state index is 12.4. The third-order valence-corrected chi connectivity index (χ3v) is 6.12. The monoisotopic (exact) mass is 317 g/mol. The molecule has 21 heavy (non-hydrogen) atoms. The topological polar surface area (TPSA) is 92.5 Å². The fourth-order valence-electron chi connectivity index (χ4n) is 3.47. The van der Waals surface area contributed by atoms with Gasteiger partial charge in [0.15, 0.2) is 0 Å². The molecule has 1 saturated carbocycles. The summed E-state index contributed by atoms with van der Waals surface area (Å²) in [5, 5.41) is 3.11. The Bertz CT molecular complexity index is 458. The molecule has 2 aliphatic rings. The Labute approximate surface area is 127 Å². The van der Waals surface area contributed by atoms with Gasteiger partial charge in [-0.3, -0.25) is 4.79 Å². The first-order valence-corrected chi connectivity index (χ1v) is 9.72. The van der Waals surface area contributed by atoms with Gasteiger partial charge in [-0.25, -0.2) is 12.7 Å². The molecule has 0 radical (unpaired) electrons. The minimum absolute atomic E-state index is 0.0386. The van der Waals surface area contributed by atoms with Crippen LogP contribution >= 0.6 is 0 Å². The SMILES string of the molecule is CS(=O)(=O)N1CCC(NC(=O)C2CCCCC2CN)CC1. The highest BCUT2D eigenvalue weighted by atomic mass is 32.2. The molecular weight excluding hydrogens is 290 g/mol. The maximum Gasteiger partial charge on any atom is 0.223 e. The number of rotatable bonds is 4. The summed E-state index contributed by atoms with van der Waals surface area (Å²) in [4.78, 5) is 12.4. The van der Waals surface area contributed by atoms with Crippen molar-refractivity contribution < 1.29 is 13.2 Å². The Kier molecular flexibility index (Phi) is 5.62. The zero-order valence-corrected chi connectivity index (χ0v) is 13.6. The summed E-state index contributed by atoms with van der Waals surface area (Å²) in [5.41, 5.74) is 5.78. The van der Waals surface area contributed by atoms with E-state index in [9.17, 15) is 13.2 Å². The van der Waals surface area contributed by atoms with E-state index in [-0.39, 0.29) is 17.9 Å². The molecule has 3 N–H and O–H groups in total. The van der Waals surface area contributed by atoms with Gasteiger partial charge in [-0.2, -0.15) is 0 Å². The second-order valence-corrected chi connectivity index (χ2v) is 8.31. The molecule has 0 spiro atoms. The summed E-state index contributed by atoms with van der Waals surface area (Å²) >= 11 is 0. The van der Waals surface area contributed by atoms with E-state index in [1.165, 1.54) is 17.0 Å². The van der Waals surface area contributed by atoms with Crippen molar-refractivity contribution in [1.82, 2.24) is 9.62 Å². The van der Waals surface area contributed by atoms with E-state index in [2.05, 4.69) is 5.32 Å². The molecule has 1 aliphatic carbocycles. The molecular formula is C14H27N3O3S. The van der Waals surface area contributed by atoms with E-state index in [1.807, 2.05) is 0 Å². The van der Waals surface area contributed by atoms with Crippen LogP contribution in [0.25, 0.3) is 0 Å². The Morgan fingerprint density at radius 2 is 1.81 bits per heavy atom. The predicted octanol–water partition coefficient (Wildman–Crippen LogP) is 0.292. The molecule has 1 saturated heterocycles. The zero-order chi connectivity index (χ0) is 15.5. The van der Waals surface area contributed by atoms with Gasteiger partial charge in [0, 0.05) is 25.0 Å². The Balaban J connectivity index is 1.84. The normalized spacial score (nSPS) is 29.2. The van der Waals surface area contributed by atoms with Gasteiger partial charge in [-0.05, 0) is 38.1 Å². The minimum atomic E-state index is -3.11. The molecule has 2 atom stereocenters. The van der Waals surface area contributed by atoms with Gasteiger partial charge in [0.2, 0.25) is 15.9 Å². The van der Waals surface area contributed by atoms with Crippen molar-refractivity contribution in [2.45, 2.75) is 44.6 Å². The molecule has 7 heteroatoms. The highest BCUT2D eigenvalue weighted by Crippen LogP contribution is 2.29. The summed E-state index contributed by atoms with van der Waals surface area (Å²) in [6, 6.07) is 0.0934. The van der Waals surface area contributed by atoms with Crippen LogP contribution in [0.15, 0.2) is 0 Å². The zero-order valence-electron chi connectivity index (χ0n) is 12.8. The number of nitrogens with two attached hydrogens (primary N) is 1. The van der Waals surface area contributed by atoms with E-state index >= 15 is 0 Å². The smallest absolute Gasteiger partial charge is 0.223 e. The van der Waals surface area contributed by atoms with Crippen LogP contribution in [-0.4, -0.2) is 50.6 Å². The number of amides is 1. The van der Waals surface area contributed by atoms with Gasteiger partial charge in [0.1, 0.15) is 0 Å². The lowest BCUT2D eigenvalue weighted by Crippen LogP contribution is -2.49. The van der Waals surface area contributed by atoms with Crippen molar-refractivity contribution in [2.24, 2.45) is 17.6 Å². The summed E-state index contributed by atoms with van der Waals surface area (Å²) < 4.78 is 24.4. The molecule has 0 aromatic carbocycles. The van der Waals surface area contributed by atoms with Crippen LogP contribution in [0.5, 0.6) is 0 Å². The van der Waals surface area contributed by atoms with Crippen molar-refractivity contribution in [3.8, 4) is 0 Å². The van der Waals surface area contributed by atoms with Gasteiger partial charge >= 0.3 is 0 Å². The molecule has 2 rings (SSSR count). The number of hydrogen-bond acceptors (Lipinski definition) is 4. The van der Waals surface area contributed by atoms with Gasteiger partial charge in [-0.15, -0.1) is 0 Å². The predicted molar refractivity (Wildman–Crippen MR) is 82.1 cm³/mol. The number of hydrogen-bond donors (Lipinski definition) is 2. The summed E-state index contributed by atoms with van der Waals surface area (Å²) in [7, 11) is -3.11. The lowest BCUT2D eigenvalue weighted by atomic mass is 9.78. The van der Waals surface area contributed by atoms with E-state index in [4.69, 9.17) is 5.73 Å². The van der Waals surface area contributed by atoms with Crippen molar-refractivity contribution in [1.29, 1.82) is 0 Å². The molecule has 1 amide bonds. The van der Waals surface area contributed by atoms with Gasteiger partial charge in [0.25, 0.3) is 0 Å². The van der Waals surface area contributed by atoms with Gasteiger partial charge < -0.3 is 11.1 Å². The third-order valence-electron chi connectivity index (χ3n) is 4.82. The lowest BCUT2D eigenvalue weighted by molar-refractivity contribution is -0.128. The van der Waals surface area contributed by atoms with Crippen LogP contribution in [0.4, 0.5) is 0 Å². The fourth-order valence-corrected chi connectivity index (χ4v) is 4.35. The van der Waals surface area contributed by atoms with Crippen LogP contribution < -0.4 is 11.1 Å². The molecule has 6 nitrogen and oxygen atoms in total. The maximum atomic E-state index is 12.4. The molecule has 0 aromatic heterocycles. The van der Waals surface area contributed by atoms with Crippen molar-refractivity contribution in [3.63, 3.8) is 0 Å². The molecule has 0 bridgehead atoms. The molecule has 2 unspecified atom stereocenters. The molecule has 0 aromatic rings. The summed E-state index contributed by atoms with van der Waals surface area (Å²) in [5.74, 6) is 0.453. The van der Waals surface area contributed by atoms with Crippen LogP contribution in [0.1, 0.15) is 38.5 Å². The molecule has 2 fully saturated rings.